The minimum Gasteiger partial charge on any atom is -0.381 e. The minimum atomic E-state index is 0.808. The van der Waals surface area contributed by atoms with Gasteiger partial charge in [-0.05, 0) is 58.4 Å². The van der Waals surface area contributed by atoms with Crippen molar-refractivity contribution in [2.75, 3.05) is 46.4 Å². The first kappa shape index (κ1) is 16.9. The van der Waals surface area contributed by atoms with E-state index in [2.05, 4.69) is 17.1 Å². The van der Waals surface area contributed by atoms with Crippen molar-refractivity contribution in [2.24, 2.45) is 5.92 Å². The molecular weight excluding hydrogens is 212 g/mol. The Labute approximate surface area is 108 Å². The molecule has 0 aliphatic carbocycles. The van der Waals surface area contributed by atoms with Crippen LogP contribution in [0.25, 0.3) is 0 Å². The second kappa shape index (κ2) is 12.3. The zero-order valence-corrected chi connectivity index (χ0v) is 12.3. The van der Waals surface area contributed by atoms with Crippen LogP contribution in [-0.4, -0.2) is 51.3 Å². The minimum absolute atomic E-state index is 0.808. The molecule has 0 aromatic rings. The molecule has 0 spiro atoms. The number of nitrogens with zero attached hydrogens (tertiary/aromatic N) is 1. The Hall–Kier alpha value is -0.120. The molecule has 1 fully saturated rings. The molecule has 0 radical (unpaired) electrons. The summed E-state index contributed by atoms with van der Waals surface area (Å²) < 4.78 is 5.69. The zero-order valence-electron chi connectivity index (χ0n) is 12.3. The predicted octanol–water partition coefficient (Wildman–Crippen LogP) is 2.37. The number of hydrogen-bond acceptors (Lipinski definition) is 3. The number of hydrogen-bond donors (Lipinski definition) is 1. The Morgan fingerprint density at radius 2 is 1.88 bits per heavy atom. The first-order valence-corrected chi connectivity index (χ1v) is 7.31. The van der Waals surface area contributed by atoms with Gasteiger partial charge >= 0.3 is 0 Å². The second-order valence-electron chi connectivity index (χ2n) is 4.41. The average molecular weight is 244 g/mol. The van der Waals surface area contributed by atoms with Crippen LogP contribution in [0.4, 0.5) is 0 Å². The molecule has 0 aromatic heterocycles. The second-order valence-corrected chi connectivity index (χ2v) is 4.41. The van der Waals surface area contributed by atoms with Crippen LogP contribution < -0.4 is 5.32 Å². The van der Waals surface area contributed by atoms with Gasteiger partial charge in [0.1, 0.15) is 0 Å². The van der Waals surface area contributed by atoms with E-state index in [0.717, 1.165) is 32.1 Å². The van der Waals surface area contributed by atoms with Gasteiger partial charge in [0.05, 0.1) is 0 Å². The van der Waals surface area contributed by atoms with Gasteiger partial charge in [0.25, 0.3) is 0 Å². The van der Waals surface area contributed by atoms with E-state index in [9.17, 15) is 0 Å². The molecule has 104 valence electrons. The van der Waals surface area contributed by atoms with Crippen LogP contribution in [-0.2, 0) is 4.74 Å². The van der Waals surface area contributed by atoms with Gasteiger partial charge in [-0.2, -0.15) is 0 Å². The van der Waals surface area contributed by atoms with E-state index < -0.39 is 0 Å². The van der Waals surface area contributed by atoms with Gasteiger partial charge in [0.2, 0.25) is 0 Å². The fourth-order valence-corrected chi connectivity index (χ4v) is 2.07. The van der Waals surface area contributed by atoms with E-state index in [0.29, 0.717) is 0 Å². The molecule has 1 saturated heterocycles. The van der Waals surface area contributed by atoms with Crippen LogP contribution in [0, 0.1) is 5.92 Å². The number of ether oxygens (including phenoxy) is 1. The van der Waals surface area contributed by atoms with Crippen LogP contribution >= 0.6 is 0 Å². The average Bonchev–Trinajstić information content (AvgIpc) is 2.41. The maximum atomic E-state index is 5.69. The van der Waals surface area contributed by atoms with Crippen molar-refractivity contribution < 1.29 is 4.74 Å². The van der Waals surface area contributed by atoms with Crippen molar-refractivity contribution in [1.82, 2.24) is 10.2 Å². The van der Waals surface area contributed by atoms with Gasteiger partial charge in [-0.3, -0.25) is 0 Å². The molecule has 1 aliphatic rings. The van der Waals surface area contributed by atoms with Gasteiger partial charge in [-0.15, -0.1) is 0 Å². The van der Waals surface area contributed by atoms with E-state index in [1.54, 1.807) is 0 Å². The van der Waals surface area contributed by atoms with Gasteiger partial charge < -0.3 is 15.0 Å². The third-order valence-electron chi connectivity index (χ3n) is 3.22. The van der Waals surface area contributed by atoms with E-state index in [1.807, 2.05) is 20.9 Å². The quantitative estimate of drug-likeness (QED) is 0.696. The number of likely N-dealkylation sites (tertiary alicyclic amines) is 1. The largest absolute Gasteiger partial charge is 0.381 e. The molecule has 0 amide bonds. The third-order valence-corrected chi connectivity index (χ3v) is 3.22. The maximum Gasteiger partial charge on any atom is 0.0495 e. The predicted molar refractivity (Wildman–Crippen MR) is 75.5 cm³/mol. The highest BCUT2D eigenvalue weighted by molar-refractivity contribution is 4.70. The lowest BCUT2D eigenvalue weighted by molar-refractivity contribution is 0.0672. The van der Waals surface area contributed by atoms with Crippen LogP contribution in [0.15, 0.2) is 0 Å². The summed E-state index contributed by atoms with van der Waals surface area (Å²) in [6.07, 6.45) is 3.77. The van der Waals surface area contributed by atoms with Gasteiger partial charge in [0, 0.05) is 13.2 Å². The summed E-state index contributed by atoms with van der Waals surface area (Å²) in [5.41, 5.74) is 0. The molecule has 1 N–H and O–H groups in total. The lowest BCUT2D eigenvalue weighted by atomic mass is 9.98. The fraction of sp³-hybridized carbons (Fsp3) is 1.00. The summed E-state index contributed by atoms with van der Waals surface area (Å²) in [7, 11) is 1.99. The molecule has 1 heterocycles. The molecule has 0 aromatic carbocycles. The molecule has 1 rings (SSSR count). The molecule has 1 aliphatic heterocycles. The third kappa shape index (κ3) is 8.58. The lowest BCUT2D eigenvalue weighted by Gasteiger charge is -2.30. The summed E-state index contributed by atoms with van der Waals surface area (Å²) in [5.74, 6) is 0.808. The van der Waals surface area contributed by atoms with Gasteiger partial charge in [0.15, 0.2) is 0 Å². The van der Waals surface area contributed by atoms with Crippen molar-refractivity contribution >= 4 is 0 Å². The van der Waals surface area contributed by atoms with Crippen molar-refractivity contribution in [3.8, 4) is 0 Å². The lowest BCUT2D eigenvalue weighted by Crippen LogP contribution is -2.34. The maximum absolute atomic E-state index is 5.69. The van der Waals surface area contributed by atoms with E-state index >= 15 is 0 Å². The molecule has 0 unspecified atom stereocenters. The summed E-state index contributed by atoms with van der Waals surface area (Å²) in [4.78, 5) is 2.53. The van der Waals surface area contributed by atoms with Gasteiger partial charge in [-0.25, -0.2) is 0 Å². The highest BCUT2D eigenvalue weighted by Gasteiger charge is 2.17. The Kier molecular flexibility index (Phi) is 12.3. The normalized spacial score (nSPS) is 17.6. The van der Waals surface area contributed by atoms with E-state index in [4.69, 9.17) is 4.74 Å². The summed E-state index contributed by atoms with van der Waals surface area (Å²) >= 11 is 0. The monoisotopic (exact) mass is 244 g/mol. The Morgan fingerprint density at radius 3 is 2.41 bits per heavy atom. The van der Waals surface area contributed by atoms with Crippen molar-refractivity contribution in [3.05, 3.63) is 0 Å². The van der Waals surface area contributed by atoms with Crippen molar-refractivity contribution in [1.29, 1.82) is 0 Å². The van der Waals surface area contributed by atoms with Crippen LogP contribution in [0.5, 0.6) is 0 Å². The molecular formula is C14H32N2O. The zero-order chi connectivity index (χ0) is 12.9. The molecule has 17 heavy (non-hydrogen) atoms. The SMILES string of the molecule is CC.CCN1CCC(COCCCNC)CC1. The standard InChI is InChI=1S/C12H26N2O.C2H6/c1-3-14-8-5-12(6-9-14)11-15-10-4-7-13-2;1-2/h12-13H,3-11H2,1-2H3;1-2H3. The molecule has 0 bridgehead atoms. The Morgan fingerprint density at radius 1 is 1.24 bits per heavy atom. The summed E-state index contributed by atoms with van der Waals surface area (Å²) in [6, 6.07) is 0. The van der Waals surface area contributed by atoms with E-state index in [1.165, 1.54) is 32.5 Å². The van der Waals surface area contributed by atoms with Crippen molar-refractivity contribution in [3.63, 3.8) is 0 Å². The fourth-order valence-electron chi connectivity index (χ4n) is 2.07. The Bertz CT molecular complexity index is 145. The first-order valence-electron chi connectivity index (χ1n) is 7.31. The first-order chi connectivity index (χ1) is 8.36. The molecule has 0 atom stereocenters. The molecule has 0 saturated carbocycles. The van der Waals surface area contributed by atoms with Crippen molar-refractivity contribution in [2.45, 2.75) is 40.0 Å². The molecule has 3 heteroatoms. The van der Waals surface area contributed by atoms with Crippen LogP contribution in [0.2, 0.25) is 0 Å². The number of piperidine rings is 1. The van der Waals surface area contributed by atoms with E-state index in [-0.39, 0.29) is 0 Å². The summed E-state index contributed by atoms with van der Waals surface area (Å²) in [6.45, 7) is 12.9. The highest BCUT2D eigenvalue weighted by Crippen LogP contribution is 2.16. The highest BCUT2D eigenvalue weighted by atomic mass is 16.5. The van der Waals surface area contributed by atoms with Gasteiger partial charge in [-0.1, -0.05) is 20.8 Å². The Balaban J connectivity index is 0.00000121. The topological polar surface area (TPSA) is 24.5 Å². The van der Waals surface area contributed by atoms with Crippen LogP contribution in [0.3, 0.4) is 0 Å². The molecule has 3 nitrogen and oxygen atoms in total. The smallest absolute Gasteiger partial charge is 0.0495 e. The number of rotatable bonds is 7. The van der Waals surface area contributed by atoms with Crippen LogP contribution in [0.1, 0.15) is 40.0 Å². The summed E-state index contributed by atoms with van der Waals surface area (Å²) in [5, 5.41) is 3.13. The number of nitrogens with one attached hydrogen (secondary N) is 1.